The number of rotatable bonds is 2. The molecule has 0 amide bonds. The summed E-state index contributed by atoms with van der Waals surface area (Å²) in [6, 6.07) is 0. The predicted molar refractivity (Wildman–Crippen MR) is 62.7 cm³/mol. The summed E-state index contributed by atoms with van der Waals surface area (Å²) in [5.74, 6) is 0.676. The van der Waals surface area contributed by atoms with Crippen LogP contribution in [0.15, 0.2) is 0 Å². The van der Waals surface area contributed by atoms with Gasteiger partial charge in [0.05, 0.1) is 5.60 Å². The lowest BCUT2D eigenvalue weighted by atomic mass is 9.86. The Morgan fingerprint density at radius 3 is 2.20 bits per heavy atom. The summed E-state index contributed by atoms with van der Waals surface area (Å²) in [7, 11) is 0. The van der Waals surface area contributed by atoms with Crippen LogP contribution in [0.1, 0.15) is 47.0 Å². The second-order valence-electron chi connectivity index (χ2n) is 6.70. The Morgan fingerprint density at radius 2 is 1.80 bits per heavy atom. The van der Waals surface area contributed by atoms with E-state index in [-0.39, 0.29) is 0 Å². The van der Waals surface area contributed by atoms with Crippen molar-refractivity contribution in [3.63, 3.8) is 0 Å². The fraction of sp³-hybridized carbons (Fsp3) is 1.00. The molecule has 1 saturated heterocycles. The van der Waals surface area contributed by atoms with Gasteiger partial charge in [-0.25, -0.2) is 0 Å². The minimum Gasteiger partial charge on any atom is -0.389 e. The molecule has 2 nitrogen and oxygen atoms in total. The van der Waals surface area contributed by atoms with Gasteiger partial charge in [-0.1, -0.05) is 27.7 Å². The summed E-state index contributed by atoms with van der Waals surface area (Å²) in [4.78, 5) is 0. The first-order valence-corrected chi connectivity index (χ1v) is 6.23. The molecule has 1 atom stereocenters. The molecule has 2 fully saturated rings. The molecular formula is C13H25NO. The van der Waals surface area contributed by atoms with Crippen LogP contribution in [0, 0.1) is 16.7 Å². The number of nitrogens with one attached hydrogen (secondary N) is 1. The Labute approximate surface area is 93.5 Å². The van der Waals surface area contributed by atoms with Gasteiger partial charge < -0.3 is 10.4 Å². The third-order valence-corrected chi connectivity index (χ3v) is 5.35. The highest BCUT2D eigenvalue weighted by Crippen LogP contribution is 2.70. The Hall–Kier alpha value is -0.0800. The highest BCUT2D eigenvalue weighted by atomic mass is 16.3. The summed E-state index contributed by atoms with van der Waals surface area (Å²) < 4.78 is 0. The molecule has 0 radical (unpaired) electrons. The van der Waals surface area contributed by atoms with Crippen LogP contribution in [0.5, 0.6) is 0 Å². The fourth-order valence-corrected chi connectivity index (χ4v) is 3.35. The van der Waals surface area contributed by atoms with Crippen LogP contribution >= 0.6 is 0 Å². The van der Waals surface area contributed by atoms with Crippen LogP contribution in [-0.2, 0) is 0 Å². The molecule has 1 aliphatic heterocycles. The van der Waals surface area contributed by atoms with E-state index in [1.165, 1.54) is 0 Å². The average Bonchev–Trinajstić information content (AvgIpc) is 2.49. The zero-order valence-electron chi connectivity index (χ0n) is 10.6. The third-order valence-electron chi connectivity index (χ3n) is 5.35. The van der Waals surface area contributed by atoms with E-state index in [0.29, 0.717) is 16.7 Å². The van der Waals surface area contributed by atoms with Gasteiger partial charge in [0, 0.05) is 6.54 Å². The lowest BCUT2D eigenvalue weighted by Crippen LogP contribution is -2.46. The molecule has 2 heteroatoms. The maximum atomic E-state index is 10.5. The Morgan fingerprint density at radius 1 is 1.20 bits per heavy atom. The molecular weight excluding hydrogens is 186 g/mol. The van der Waals surface area contributed by atoms with Gasteiger partial charge in [0.25, 0.3) is 0 Å². The van der Waals surface area contributed by atoms with Gasteiger partial charge in [-0.15, -0.1) is 0 Å². The molecule has 15 heavy (non-hydrogen) atoms. The maximum Gasteiger partial charge on any atom is 0.0775 e. The second kappa shape index (κ2) is 3.21. The van der Waals surface area contributed by atoms with Crippen LogP contribution in [0.2, 0.25) is 0 Å². The number of hydrogen-bond acceptors (Lipinski definition) is 2. The van der Waals surface area contributed by atoms with Crippen molar-refractivity contribution in [2.75, 3.05) is 13.1 Å². The van der Waals surface area contributed by atoms with Crippen molar-refractivity contribution in [1.82, 2.24) is 5.32 Å². The SMILES string of the molecule is CC1(C)C(CC2(O)CCCNC2)C1(C)C. The van der Waals surface area contributed by atoms with E-state index in [1.807, 2.05) is 0 Å². The van der Waals surface area contributed by atoms with Gasteiger partial charge in [0.1, 0.15) is 0 Å². The van der Waals surface area contributed by atoms with Crippen molar-refractivity contribution in [1.29, 1.82) is 0 Å². The van der Waals surface area contributed by atoms with E-state index in [2.05, 4.69) is 33.0 Å². The first-order chi connectivity index (χ1) is 6.80. The highest BCUT2D eigenvalue weighted by Gasteiger charge is 2.65. The molecule has 1 saturated carbocycles. The van der Waals surface area contributed by atoms with Crippen molar-refractivity contribution in [2.45, 2.75) is 52.6 Å². The topological polar surface area (TPSA) is 32.3 Å². The molecule has 0 aromatic rings. The van der Waals surface area contributed by atoms with Crippen LogP contribution < -0.4 is 5.32 Å². The molecule has 1 unspecified atom stereocenters. The van der Waals surface area contributed by atoms with E-state index in [4.69, 9.17) is 0 Å². The monoisotopic (exact) mass is 211 g/mol. The Balaban J connectivity index is 1.98. The maximum absolute atomic E-state index is 10.5. The van der Waals surface area contributed by atoms with Crippen molar-refractivity contribution in [3.8, 4) is 0 Å². The largest absolute Gasteiger partial charge is 0.389 e. The highest BCUT2D eigenvalue weighted by molar-refractivity contribution is 5.14. The molecule has 1 heterocycles. The van der Waals surface area contributed by atoms with Crippen LogP contribution in [-0.4, -0.2) is 23.8 Å². The molecule has 0 bridgehead atoms. The molecule has 88 valence electrons. The zero-order chi connectivity index (χ0) is 11.3. The van der Waals surface area contributed by atoms with Gasteiger partial charge in [-0.05, 0) is 42.6 Å². The van der Waals surface area contributed by atoms with Gasteiger partial charge in [0.2, 0.25) is 0 Å². The van der Waals surface area contributed by atoms with E-state index in [0.717, 1.165) is 32.4 Å². The quantitative estimate of drug-likeness (QED) is 0.733. The van der Waals surface area contributed by atoms with E-state index in [9.17, 15) is 5.11 Å². The molecule has 0 spiro atoms. The molecule has 2 rings (SSSR count). The number of piperidine rings is 1. The van der Waals surface area contributed by atoms with Crippen molar-refractivity contribution >= 4 is 0 Å². The Bertz CT molecular complexity index is 237. The van der Waals surface area contributed by atoms with Crippen molar-refractivity contribution < 1.29 is 5.11 Å². The molecule has 2 N–H and O–H groups in total. The molecule has 2 aliphatic rings. The smallest absolute Gasteiger partial charge is 0.0775 e. The molecule has 0 aromatic carbocycles. The van der Waals surface area contributed by atoms with E-state index >= 15 is 0 Å². The van der Waals surface area contributed by atoms with E-state index in [1.54, 1.807) is 0 Å². The van der Waals surface area contributed by atoms with Gasteiger partial charge >= 0.3 is 0 Å². The minimum absolute atomic E-state index is 0.403. The molecule has 0 aromatic heterocycles. The number of β-amino-alcohol motifs (C(OH)–C–C–N with tert-alkyl or cyclic N) is 1. The predicted octanol–water partition coefficient (Wildman–Crippen LogP) is 2.17. The Kier molecular flexibility index (Phi) is 2.44. The first kappa shape index (κ1) is 11.4. The molecule has 1 aliphatic carbocycles. The zero-order valence-corrected chi connectivity index (χ0v) is 10.6. The second-order valence-corrected chi connectivity index (χ2v) is 6.70. The summed E-state index contributed by atoms with van der Waals surface area (Å²) in [6.07, 6.45) is 3.06. The summed E-state index contributed by atoms with van der Waals surface area (Å²) in [6.45, 7) is 11.2. The lowest BCUT2D eigenvalue weighted by molar-refractivity contribution is -0.000910. The fourth-order valence-electron chi connectivity index (χ4n) is 3.35. The summed E-state index contributed by atoms with van der Waals surface area (Å²) in [5, 5.41) is 13.8. The van der Waals surface area contributed by atoms with E-state index < -0.39 is 5.60 Å². The number of aliphatic hydroxyl groups is 1. The lowest BCUT2D eigenvalue weighted by Gasteiger charge is -2.33. The number of hydrogen-bond donors (Lipinski definition) is 2. The average molecular weight is 211 g/mol. The summed E-state index contributed by atoms with van der Waals surface area (Å²) >= 11 is 0. The first-order valence-electron chi connectivity index (χ1n) is 6.23. The third kappa shape index (κ3) is 1.72. The van der Waals surface area contributed by atoms with Crippen molar-refractivity contribution in [2.24, 2.45) is 16.7 Å². The van der Waals surface area contributed by atoms with Gasteiger partial charge in [0.15, 0.2) is 0 Å². The van der Waals surface area contributed by atoms with Crippen molar-refractivity contribution in [3.05, 3.63) is 0 Å². The van der Waals surface area contributed by atoms with Crippen LogP contribution in [0.25, 0.3) is 0 Å². The van der Waals surface area contributed by atoms with Gasteiger partial charge in [-0.3, -0.25) is 0 Å². The van der Waals surface area contributed by atoms with Crippen LogP contribution in [0.4, 0.5) is 0 Å². The summed E-state index contributed by atoms with van der Waals surface area (Å²) in [5.41, 5.74) is 0.369. The standard InChI is InChI=1S/C13H25NO/c1-11(2)10(12(11,3)4)8-13(15)6-5-7-14-9-13/h10,14-15H,5-9H2,1-4H3. The normalized spacial score (nSPS) is 39.0. The minimum atomic E-state index is -0.437. The van der Waals surface area contributed by atoms with Gasteiger partial charge in [-0.2, -0.15) is 0 Å². The van der Waals surface area contributed by atoms with Crippen LogP contribution in [0.3, 0.4) is 0 Å².